The lowest BCUT2D eigenvalue weighted by atomic mass is 10.1. The van der Waals surface area contributed by atoms with Crippen LogP contribution in [-0.2, 0) is 6.42 Å². The van der Waals surface area contributed by atoms with Crippen LogP contribution in [0.5, 0.6) is 0 Å². The van der Waals surface area contributed by atoms with Crippen LogP contribution in [0.2, 0.25) is 0 Å². The summed E-state index contributed by atoms with van der Waals surface area (Å²) < 4.78 is 12.1. The molecule has 0 bridgehead atoms. The third-order valence-electron chi connectivity index (χ3n) is 1.89. The lowest BCUT2D eigenvalue weighted by Gasteiger charge is -2.06. The van der Waals surface area contributed by atoms with E-state index in [9.17, 15) is 4.39 Å². The van der Waals surface area contributed by atoms with Crippen LogP contribution in [0.3, 0.4) is 0 Å². The Morgan fingerprint density at radius 2 is 1.87 bits per heavy atom. The maximum atomic E-state index is 12.1. The normalized spacial score (nSPS) is 12.1. The number of nitrogens with zero attached hydrogens (tertiary/aromatic N) is 1. The lowest BCUT2D eigenvalue weighted by molar-refractivity contribution is 0.427. The van der Waals surface area contributed by atoms with Crippen LogP contribution in [0.1, 0.15) is 5.56 Å². The van der Waals surface area contributed by atoms with Gasteiger partial charge in [-0.25, -0.2) is 9.38 Å². The van der Waals surface area contributed by atoms with E-state index in [-0.39, 0.29) is 5.96 Å². The minimum Gasteiger partial charge on any atom is -0.370 e. The van der Waals surface area contributed by atoms with Gasteiger partial charge in [0, 0.05) is 6.04 Å². The summed E-state index contributed by atoms with van der Waals surface area (Å²) in [6.07, 6.45) is 0.513. The Morgan fingerprint density at radius 1 is 1.27 bits per heavy atom. The monoisotopic (exact) mass is 210 g/mol. The molecule has 0 amide bonds. The molecule has 1 atom stereocenters. The van der Waals surface area contributed by atoms with Gasteiger partial charge in [-0.15, -0.1) is 0 Å². The van der Waals surface area contributed by atoms with E-state index in [1.165, 1.54) is 0 Å². The van der Waals surface area contributed by atoms with E-state index < -0.39 is 12.7 Å². The molecule has 6 N–H and O–H groups in total. The molecule has 0 aliphatic heterocycles. The summed E-state index contributed by atoms with van der Waals surface area (Å²) in [6, 6.07) is 6.74. The van der Waals surface area contributed by atoms with Crippen molar-refractivity contribution in [2.45, 2.75) is 12.5 Å². The first kappa shape index (κ1) is 11.5. The second-order valence-electron chi connectivity index (χ2n) is 3.32. The molecule has 0 saturated heterocycles. The van der Waals surface area contributed by atoms with E-state index >= 15 is 0 Å². The molecule has 1 aromatic rings. The van der Waals surface area contributed by atoms with Gasteiger partial charge in [0.1, 0.15) is 6.67 Å². The van der Waals surface area contributed by atoms with Crippen LogP contribution in [0.15, 0.2) is 29.3 Å². The van der Waals surface area contributed by atoms with Gasteiger partial charge in [-0.2, -0.15) is 0 Å². The molecule has 5 heteroatoms. The number of alkyl halides is 1. The van der Waals surface area contributed by atoms with Crippen molar-refractivity contribution in [3.05, 3.63) is 29.8 Å². The number of nitrogens with two attached hydrogens (primary N) is 3. The van der Waals surface area contributed by atoms with E-state index in [2.05, 4.69) is 4.99 Å². The topological polar surface area (TPSA) is 90.4 Å². The third-order valence-corrected chi connectivity index (χ3v) is 1.89. The molecule has 0 saturated carbocycles. The van der Waals surface area contributed by atoms with E-state index in [0.717, 1.165) is 5.56 Å². The summed E-state index contributed by atoms with van der Waals surface area (Å²) in [5.74, 6) is 0.0169. The standard InChI is InChI=1S/C10H15FN4/c11-6-8(12)5-7-1-3-9(4-2-7)15-10(13)14/h1-4,8H,5-6,12H2,(H4,13,14,15)/t8-/m0/s1. The highest BCUT2D eigenvalue weighted by atomic mass is 19.1. The first-order valence-corrected chi connectivity index (χ1v) is 4.62. The quantitative estimate of drug-likeness (QED) is 0.497. The van der Waals surface area contributed by atoms with E-state index in [0.29, 0.717) is 12.1 Å². The van der Waals surface area contributed by atoms with Crippen molar-refractivity contribution in [3.8, 4) is 0 Å². The molecule has 15 heavy (non-hydrogen) atoms. The maximum absolute atomic E-state index is 12.1. The lowest BCUT2D eigenvalue weighted by Crippen LogP contribution is -2.24. The van der Waals surface area contributed by atoms with Gasteiger partial charge in [0.05, 0.1) is 5.69 Å². The Balaban J connectivity index is 2.68. The van der Waals surface area contributed by atoms with E-state index in [1.807, 2.05) is 12.1 Å². The Hall–Kier alpha value is -1.62. The first-order valence-electron chi connectivity index (χ1n) is 4.62. The highest BCUT2D eigenvalue weighted by molar-refractivity contribution is 5.78. The van der Waals surface area contributed by atoms with Crippen molar-refractivity contribution >= 4 is 11.6 Å². The van der Waals surface area contributed by atoms with Crippen LogP contribution in [0.25, 0.3) is 0 Å². The summed E-state index contributed by atoms with van der Waals surface area (Å²) in [5, 5.41) is 0. The first-order chi connectivity index (χ1) is 7.11. The maximum Gasteiger partial charge on any atom is 0.191 e. The molecule has 0 aliphatic carbocycles. The number of rotatable bonds is 4. The van der Waals surface area contributed by atoms with Crippen molar-refractivity contribution in [3.63, 3.8) is 0 Å². The minimum atomic E-state index is -0.518. The van der Waals surface area contributed by atoms with Gasteiger partial charge in [-0.3, -0.25) is 0 Å². The third kappa shape index (κ3) is 3.95. The molecule has 0 fully saturated rings. The van der Waals surface area contributed by atoms with Crippen LogP contribution in [-0.4, -0.2) is 18.7 Å². The van der Waals surface area contributed by atoms with E-state index in [4.69, 9.17) is 17.2 Å². The molecule has 0 aromatic heterocycles. The molecule has 0 aliphatic rings. The highest BCUT2D eigenvalue weighted by Gasteiger charge is 2.02. The predicted molar refractivity (Wildman–Crippen MR) is 59.6 cm³/mol. The molecule has 0 heterocycles. The second kappa shape index (κ2) is 5.31. The molecule has 0 radical (unpaired) electrons. The van der Waals surface area contributed by atoms with Crippen LogP contribution >= 0.6 is 0 Å². The van der Waals surface area contributed by atoms with Gasteiger partial charge in [-0.1, -0.05) is 12.1 Å². The number of hydrogen-bond donors (Lipinski definition) is 3. The zero-order valence-electron chi connectivity index (χ0n) is 8.36. The van der Waals surface area contributed by atoms with Crippen molar-refractivity contribution in [1.82, 2.24) is 0 Å². The molecule has 0 spiro atoms. The molecule has 0 unspecified atom stereocenters. The van der Waals surface area contributed by atoms with Gasteiger partial charge < -0.3 is 17.2 Å². The second-order valence-corrected chi connectivity index (χ2v) is 3.32. The van der Waals surface area contributed by atoms with Gasteiger partial charge >= 0.3 is 0 Å². The van der Waals surface area contributed by atoms with Gasteiger partial charge in [-0.05, 0) is 24.1 Å². The fourth-order valence-electron chi connectivity index (χ4n) is 1.21. The summed E-state index contributed by atoms with van der Waals surface area (Å²) in [6.45, 7) is -0.518. The summed E-state index contributed by atoms with van der Waals surface area (Å²) in [7, 11) is 0. The van der Waals surface area contributed by atoms with Gasteiger partial charge in [0.2, 0.25) is 0 Å². The molecule has 82 valence electrons. The van der Waals surface area contributed by atoms with Crippen molar-refractivity contribution in [2.75, 3.05) is 6.67 Å². The zero-order chi connectivity index (χ0) is 11.3. The largest absolute Gasteiger partial charge is 0.370 e. The van der Waals surface area contributed by atoms with Crippen molar-refractivity contribution in [1.29, 1.82) is 0 Å². The number of hydrogen-bond acceptors (Lipinski definition) is 2. The Kier molecular flexibility index (Phi) is 4.05. The Labute approximate surface area is 88.0 Å². The number of halogens is 1. The van der Waals surface area contributed by atoms with E-state index in [1.54, 1.807) is 12.1 Å². The molecular formula is C10H15FN4. The smallest absolute Gasteiger partial charge is 0.191 e. The number of aliphatic imine (C=N–C) groups is 1. The summed E-state index contributed by atoms with van der Waals surface area (Å²) >= 11 is 0. The average Bonchev–Trinajstić information content (AvgIpc) is 2.20. The predicted octanol–water partition coefficient (Wildman–Crippen LogP) is 0.431. The highest BCUT2D eigenvalue weighted by Crippen LogP contribution is 2.13. The number of benzene rings is 1. The van der Waals surface area contributed by atoms with Crippen LogP contribution in [0, 0.1) is 0 Å². The van der Waals surface area contributed by atoms with Gasteiger partial charge in [0.15, 0.2) is 5.96 Å². The molecule has 1 aromatic carbocycles. The summed E-state index contributed by atoms with van der Waals surface area (Å²) in [4.78, 5) is 3.87. The molecule has 1 rings (SSSR count). The Bertz CT molecular complexity index is 330. The minimum absolute atomic E-state index is 0.0169. The summed E-state index contributed by atoms with van der Waals surface area (Å²) in [5.41, 5.74) is 17.6. The Morgan fingerprint density at radius 3 is 2.33 bits per heavy atom. The molecular weight excluding hydrogens is 195 g/mol. The average molecular weight is 210 g/mol. The fourth-order valence-corrected chi connectivity index (χ4v) is 1.21. The van der Waals surface area contributed by atoms with Crippen molar-refractivity contribution in [2.24, 2.45) is 22.2 Å². The molecule has 4 nitrogen and oxygen atoms in total. The van der Waals surface area contributed by atoms with Gasteiger partial charge in [0.25, 0.3) is 0 Å². The van der Waals surface area contributed by atoms with Crippen molar-refractivity contribution < 1.29 is 4.39 Å². The SMILES string of the molecule is NC(N)=Nc1ccc(C[C@H](N)CF)cc1. The number of guanidine groups is 1. The van der Waals surface area contributed by atoms with Crippen LogP contribution in [0.4, 0.5) is 10.1 Å². The zero-order valence-corrected chi connectivity index (χ0v) is 8.36. The van der Waals surface area contributed by atoms with Crippen LogP contribution < -0.4 is 17.2 Å². The fraction of sp³-hybridized carbons (Fsp3) is 0.300.